The molecule has 0 atom stereocenters. The lowest BCUT2D eigenvalue weighted by atomic mass is 10.0. The number of rotatable bonds is 6. The molecular weight excluding hydrogens is 319 g/mol. The van der Waals surface area contributed by atoms with Crippen LogP contribution < -0.4 is 0 Å². The van der Waals surface area contributed by atoms with Crippen LogP contribution in [0.4, 0.5) is 0 Å². The number of hydrogen-bond donors (Lipinski definition) is 0. The lowest BCUT2D eigenvalue weighted by Crippen LogP contribution is -2.12. The molecule has 0 spiro atoms. The smallest absolute Gasteiger partial charge is 0.338 e. The molecule has 0 radical (unpaired) electrons. The highest BCUT2D eigenvalue weighted by molar-refractivity contribution is 9.08. The van der Waals surface area contributed by atoms with E-state index in [4.69, 9.17) is 16.3 Å². The molecule has 5 heteroatoms. The topological polar surface area (TPSA) is 43.4 Å². The highest BCUT2D eigenvalue weighted by Crippen LogP contribution is 2.17. The first-order chi connectivity index (χ1) is 8.62. The Kier molecular flexibility index (Phi) is 6.36. The van der Waals surface area contributed by atoms with Crippen LogP contribution in [0, 0.1) is 0 Å². The largest absolute Gasteiger partial charge is 0.462 e. The second-order valence-corrected chi connectivity index (χ2v) is 4.52. The summed E-state index contributed by atoms with van der Waals surface area (Å²) in [5.41, 5.74) is 2.05. The number of esters is 1. The van der Waals surface area contributed by atoms with Gasteiger partial charge in [-0.2, -0.15) is 0 Å². The zero-order chi connectivity index (χ0) is 13.5. The minimum atomic E-state index is -0.405. The third-order valence-electron chi connectivity index (χ3n) is 2.36. The van der Waals surface area contributed by atoms with Crippen molar-refractivity contribution in [1.29, 1.82) is 0 Å². The summed E-state index contributed by atoms with van der Waals surface area (Å²) in [4.78, 5) is 23.2. The Morgan fingerprint density at radius 1 is 1.39 bits per heavy atom. The van der Waals surface area contributed by atoms with Crippen LogP contribution in [0.15, 0.2) is 18.2 Å². The van der Waals surface area contributed by atoms with E-state index in [-0.39, 0.29) is 18.1 Å². The molecule has 0 fully saturated rings. The fourth-order valence-electron chi connectivity index (χ4n) is 1.52. The molecular formula is C13H14BrClO3. The summed E-state index contributed by atoms with van der Waals surface area (Å²) in [7, 11) is 0. The molecule has 0 saturated heterocycles. The number of benzene rings is 1. The minimum absolute atomic E-state index is 0.0531. The van der Waals surface area contributed by atoms with E-state index < -0.39 is 5.97 Å². The molecule has 0 amide bonds. The normalized spacial score (nSPS) is 10.2. The molecule has 0 unspecified atom stereocenters. The number of hydrogen-bond acceptors (Lipinski definition) is 3. The van der Waals surface area contributed by atoms with Gasteiger partial charge in [-0.3, -0.25) is 4.79 Å². The van der Waals surface area contributed by atoms with E-state index in [1.807, 2.05) is 6.07 Å². The van der Waals surface area contributed by atoms with Crippen molar-refractivity contribution in [3.8, 4) is 0 Å². The van der Waals surface area contributed by atoms with Gasteiger partial charge in [0.25, 0.3) is 0 Å². The molecule has 98 valence electrons. The van der Waals surface area contributed by atoms with Gasteiger partial charge in [-0.15, -0.1) is 11.6 Å². The number of carbonyl (C=O) groups excluding carboxylic acids is 2. The summed E-state index contributed by atoms with van der Waals surface area (Å²) < 4.78 is 4.98. The van der Waals surface area contributed by atoms with E-state index in [0.29, 0.717) is 23.1 Å². The van der Waals surface area contributed by atoms with Crippen molar-refractivity contribution in [2.24, 2.45) is 0 Å². The Morgan fingerprint density at radius 2 is 2.11 bits per heavy atom. The van der Waals surface area contributed by atoms with Gasteiger partial charge in [0.1, 0.15) is 0 Å². The van der Waals surface area contributed by atoms with Crippen LogP contribution in [0.2, 0.25) is 0 Å². The Hall–Kier alpha value is -0.870. The van der Waals surface area contributed by atoms with E-state index in [0.717, 1.165) is 5.56 Å². The highest BCUT2D eigenvalue weighted by atomic mass is 79.9. The Labute approximate surface area is 120 Å². The molecule has 0 bridgehead atoms. The number of Topliss-reactive ketones (excluding diaryl/α,β-unsaturated/α-hetero) is 1. The van der Waals surface area contributed by atoms with Crippen LogP contribution in [0.3, 0.4) is 0 Å². The summed E-state index contributed by atoms with van der Waals surface area (Å²) in [6.07, 6.45) is 0.153. The zero-order valence-electron chi connectivity index (χ0n) is 10.0. The van der Waals surface area contributed by atoms with Crippen LogP contribution in [0.1, 0.15) is 28.4 Å². The first kappa shape index (κ1) is 15.2. The monoisotopic (exact) mass is 332 g/mol. The highest BCUT2D eigenvalue weighted by Gasteiger charge is 2.15. The Morgan fingerprint density at radius 3 is 2.67 bits per heavy atom. The molecule has 1 aromatic rings. The molecule has 0 aliphatic heterocycles. The summed E-state index contributed by atoms with van der Waals surface area (Å²) in [5, 5.41) is 0.642. The predicted octanol–water partition coefficient (Wildman–Crippen LogP) is 3.11. The van der Waals surface area contributed by atoms with Crippen molar-refractivity contribution in [3.05, 3.63) is 34.9 Å². The molecule has 0 aliphatic rings. The van der Waals surface area contributed by atoms with E-state index in [1.165, 1.54) is 0 Å². The van der Waals surface area contributed by atoms with Crippen LogP contribution >= 0.6 is 27.5 Å². The van der Waals surface area contributed by atoms with Crippen molar-refractivity contribution in [3.63, 3.8) is 0 Å². The standard InChI is InChI=1S/C13H14BrClO3/c1-2-18-13(17)12-5-9(7-14)3-4-10(12)6-11(16)8-15/h3-5H,2,6-8H2,1H3. The van der Waals surface area contributed by atoms with E-state index in [2.05, 4.69) is 15.9 Å². The summed E-state index contributed by atoms with van der Waals surface area (Å²) >= 11 is 8.81. The second-order valence-electron chi connectivity index (χ2n) is 3.69. The van der Waals surface area contributed by atoms with Crippen molar-refractivity contribution in [2.45, 2.75) is 18.7 Å². The van der Waals surface area contributed by atoms with Crippen molar-refractivity contribution in [2.75, 3.05) is 12.5 Å². The average Bonchev–Trinajstić information content (AvgIpc) is 2.39. The molecule has 18 heavy (non-hydrogen) atoms. The number of ketones is 1. The molecule has 1 aromatic carbocycles. The van der Waals surface area contributed by atoms with Gasteiger partial charge in [-0.05, 0) is 24.1 Å². The average molecular weight is 334 g/mol. The first-order valence-electron chi connectivity index (χ1n) is 5.54. The maximum absolute atomic E-state index is 11.8. The van der Waals surface area contributed by atoms with E-state index >= 15 is 0 Å². The van der Waals surface area contributed by atoms with Gasteiger partial charge < -0.3 is 4.74 Å². The van der Waals surface area contributed by atoms with Gasteiger partial charge in [0.05, 0.1) is 18.1 Å². The van der Waals surface area contributed by atoms with Gasteiger partial charge in [-0.25, -0.2) is 4.79 Å². The fourth-order valence-corrected chi connectivity index (χ4v) is 1.96. The zero-order valence-corrected chi connectivity index (χ0v) is 12.4. The Bertz CT molecular complexity index is 446. The maximum Gasteiger partial charge on any atom is 0.338 e. The van der Waals surface area contributed by atoms with Crippen LogP contribution in [0.5, 0.6) is 0 Å². The number of alkyl halides is 2. The van der Waals surface area contributed by atoms with Crippen LogP contribution in [-0.2, 0) is 21.3 Å². The van der Waals surface area contributed by atoms with Gasteiger partial charge >= 0.3 is 5.97 Å². The molecule has 0 N–H and O–H groups in total. The van der Waals surface area contributed by atoms with Gasteiger partial charge in [0.15, 0.2) is 5.78 Å². The summed E-state index contributed by atoms with van der Waals surface area (Å²) in [6, 6.07) is 5.38. The molecule has 0 heterocycles. The minimum Gasteiger partial charge on any atom is -0.462 e. The molecule has 1 rings (SSSR count). The Balaban J connectivity index is 3.07. The third kappa shape index (κ3) is 4.10. The van der Waals surface area contributed by atoms with E-state index in [9.17, 15) is 9.59 Å². The van der Waals surface area contributed by atoms with E-state index in [1.54, 1.807) is 19.1 Å². The van der Waals surface area contributed by atoms with Crippen molar-refractivity contribution >= 4 is 39.3 Å². The number of ether oxygens (including phenoxy) is 1. The van der Waals surface area contributed by atoms with Gasteiger partial charge in [0, 0.05) is 11.8 Å². The molecule has 3 nitrogen and oxygen atoms in total. The third-order valence-corrected chi connectivity index (χ3v) is 3.31. The van der Waals surface area contributed by atoms with Crippen molar-refractivity contribution < 1.29 is 14.3 Å². The SMILES string of the molecule is CCOC(=O)c1cc(CBr)ccc1CC(=O)CCl. The maximum atomic E-state index is 11.8. The first-order valence-corrected chi connectivity index (χ1v) is 7.20. The summed E-state index contributed by atoms with van der Waals surface area (Å²) in [5.74, 6) is -0.575. The molecule has 0 saturated carbocycles. The van der Waals surface area contributed by atoms with Gasteiger partial charge in [0.2, 0.25) is 0 Å². The quantitative estimate of drug-likeness (QED) is 0.593. The van der Waals surface area contributed by atoms with Gasteiger partial charge in [-0.1, -0.05) is 28.1 Å². The van der Waals surface area contributed by atoms with Crippen LogP contribution in [-0.4, -0.2) is 24.2 Å². The predicted molar refractivity (Wildman–Crippen MR) is 74.5 cm³/mol. The fraction of sp³-hybridized carbons (Fsp3) is 0.385. The second kappa shape index (κ2) is 7.54. The molecule has 0 aromatic heterocycles. The summed E-state index contributed by atoms with van der Waals surface area (Å²) in [6.45, 7) is 2.05. The number of halogens is 2. The van der Waals surface area contributed by atoms with Crippen molar-refractivity contribution in [1.82, 2.24) is 0 Å². The molecule has 0 aliphatic carbocycles. The lowest BCUT2D eigenvalue weighted by molar-refractivity contribution is -0.116. The lowest BCUT2D eigenvalue weighted by Gasteiger charge is -2.09. The van der Waals surface area contributed by atoms with Crippen LogP contribution in [0.25, 0.3) is 0 Å². The number of carbonyl (C=O) groups is 2.